The molecule has 0 unspecified atom stereocenters. The fourth-order valence-electron chi connectivity index (χ4n) is 1.94. The Morgan fingerprint density at radius 3 is 2.04 bits per heavy atom. The number of primary sulfonamides is 1. The lowest BCUT2D eigenvalue weighted by Crippen LogP contribution is -2.34. The van der Waals surface area contributed by atoms with E-state index < -0.39 is 21.9 Å². The van der Waals surface area contributed by atoms with E-state index in [1.165, 1.54) is 55.6 Å². The van der Waals surface area contributed by atoms with Crippen molar-refractivity contribution in [3.05, 3.63) is 59.7 Å². The molecule has 0 aliphatic heterocycles. The number of ether oxygens (including phenoxy) is 1. The summed E-state index contributed by atoms with van der Waals surface area (Å²) in [5.41, 5.74) is 1.09. The van der Waals surface area contributed by atoms with Gasteiger partial charge < -0.3 is 10.1 Å². The van der Waals surface area contributed by atoms with Crippen molar-refractivity contribution in [1.29, 1.82) is 0 Å². The predicted octanol–water partition coefficient (Wildman–Crippen LogP) is 1.25. The molecule has 0 bridgehead atoms. The number of nitrogens with two attached hydrogens (primary N) is 1. The number of methoxy groups -OCH3 is 1. The van der Waals surface area contributed by atoms with Crippen molar-refractivity contribution in [1.82, 2.24) is 5.32 Å². The number of anilines is 1. The quantitative estimate of drug-likeness (QED) is 0.527. The van der Waals surface area contributed by atoms with Crippen molar-refractivity contribution >= 4 is 44.9 Å². The van der Waals surface area contributed by atoms with Crippen LogP contribution in [0.4, 0.5) is 5.69 Å². The summed E-state index contributed by atoms with van der Waals surface area (Å²) in [7, 11) is -2.51. The number of hydrogen-bond donors (Lipinski definition) is 3. The van der Waals surface area contributed by atoms with Crippen LogP contribution < -0.4 is 15.8 Å². The minimum atomic E-state index is -3.78. The first-order valence-corrected chi connectivity index (χ1v) is 9.10. The number of thiocarbonyl (C=S) groups is 1. The normalized spacial score (nSPS) is 10.7. The van der Waals surface area contributed by atoms with Gasteiger partial charge in [0, 0.05) is 11.3 Å². The summed E-state index contributed by atoms with van der Waals surface area (Å²) in [6.45, 7) is 0. The first-order valence-electron chi connectivity index (χ1n) is 7.14. The minimum absolute atomic E-state index is 0.0235. The summed E-state index contributed by atoms with van der Waals surface area (Å²) in [5, 5.41) is 10.3. The number of hydrogen-bond acceptors (Lipinski definition) is 6. The van der Waals surface area contributed by atoms with Crippen molar-refractivity contribution in [2.75, 3.05) is 12.4 Å². The zero-order valence-electron chi connectivity index (χ0n) is 13.6. The third kappa shape index (κ3) is 5.09. The van der Waals surface area contributed by atoms with Gasteiger partial charge in [0.25, 0.3) is 5.91 Å². The molecule has 2 rings (SSSR count). The Hall–Kier alpha value is -2.82. The zero-order chi connectivity index (χ0) is 19.3. The van der Waals surface area contributed by atoms with Crippen LogP contribution in [0, 0.1) is 0 Å². The molecule has 0 saturated heterocycles. The van der Waals surface area contributed by atoms with Gasteiger partial charge in [-0.2, -0.15) is 0 Å². The maximum absolute atomic E-state index is 12.1. The summed E-state index contributed by atoms with van der Waals surface area (Å²) in [6, 6.07) is 11.4. The highest BCUT2D eigenvalue weighted by atomic mass is 32.2. The van der Waals surface area contributed by atoms with Crippen LogP contribution in [-0.4, -0.2) is 32.5 Å². The predicted molar refractivity (Wildman–Crippen MR) is 99.3 cm³/mol. The molecule has 0 atom stereocenters. The highest BCUT2D eigenvalue weighted by Crippen LogP contribution is 2.12. The smallest absolute Gasteiger partial charge is 0.337 e. The molecule has 2 aromatic carbocycles. The van der Waals surface area contributed by atoms with Crippen molar-refractivity contribution in [2.45, 2.75) is 4.90 Å². The average Bonchev–Trinajstić information content (AvgIpc) is 2.60. The van der Waals surface area contributed by atoms with E-state index in [1.54, 1.807) is 0 Å². The van der Waals surface area contributed by atoms with E-state index in [-0.39, 0.29) is 10.0 Å². The van der Waals surface area contributed by atoms with E-state index in [0.29, 0.717) is 16.8 Å². The SMILES string of the molecule is COC(=O)c1ccc(C(=O)NC(=S)Nc2ccc(S(N)(=O)=O)cc2)cc1. The number of benzene rings is 2. The van der Waals surface area contributed by atoms with Crippen LogP contribution in [0.15, 0.2) is 53.4 Å². The zero-order valence-corrected chi connectivity index (χ0v) is 15.2. The molecule has 136 valence electrons. The first kappa shape index (κ1) is 19.5. The van der Waals surface area contributed by atoms with Crippen molar-refractivity contribution in [3.8, 4) is 0 Å². The van der Waals surface area contributed by atoms with E-state index in [2.05, 4.69) is 15.4 Å². The molecule has 10 heteroatoms. The van der Waals surface area contributed by atoms with E-state index in [4.69, 9.17) is 17.4 Å². The Balaban J connectivity index is 1.99. The fraction of sp³-hybridized carbons (Fsp3) is 0.0625. The van der Waals surface area contributed by atoms with Gasteiger partial charge in [0.2, 0.25) is 10.0 Å². The first-order chi connectivity index (χ1) is 12.2. The second-order valence-electron chi connectivity index (χ2n) is 5.05. The molecule has 1 amide bonds. The van der Waals surface area contributed by atoms with Gasteiger partial charge in [-0.25, -0.2) is 18.4 Å². The molecular formula is C16H15N3O5S2. The third-order valence-electron chi connectivity index (χ3n) is 3.24. The van der Waals surface area contributed by atoms with E-state index in [1.807, 2.05) is 0 Å². The Labute approximate surface area is 155 Å². The third-order valence-corrected chi connectivity index (χ3v) is 4.37. The largest absolute Gasteiger partial charge is 0.465 e. The number of nitrogens with one attached hydrogen (secondary N) is 2. The maximum Gasteiger partial charge on any atom is 0.337 e. The number of esters is 1. The summed E-state index contributed by atoms with van der Waals surface area (Å²) < 4.78 is 27.0. The van der Waals surface area contributed by atoms with Gasteiger partial charge in [-0.3, -0.25) is 10.1 Å². The van der Waals surface area contributed by atoms with Gasteiger partial charge in [0.05, 0.1) is 17.6 Å². The second-order valence-corrected chi connectivity index (χ2v) is 7.02. The number of rotatable bonds is 4. The molecule has 0 aliphatic carbocycles. The maximum atomic E-state index is 12.1. The van der Waals surface area contributed by atoms with Crippen LogP contribution in [0.3, 0.4) is 0 Å². The minimum Gasteiger partial charge on any atom is -0.465 e. The van der Waals surface area contributed by atoms with Crippen LogP contribution in [0.2, 0.25) is 0 Å². The Kier molecular flexibility index (Phi) is 6.03. The number of carbonyl (C=O) groups excluding carboxylic acids is 2. The number of sulfonamides is 1. The van der Waals surface area contributed by atoms with Gasteiger partial charge in [0.1, 0.15) is 0 Å². The molecule has 0 radical (unpaired) electrons. The molecular weight excluding hydrogens is 378 g/mol. The molecule has 4 N–H and O–H groups in total. The summed E-state index contributed by atoms with van der Waals surface area (Å²) in [5.74, 6) is -0.975. The van der Waals surface area contributed by atoms with Gasteiger partial charge in [0.15, 0.2) is 5.11 Å². The van der Waals surface area contributed by atoms with Gasteiger partial charge in [-0.1, -0.05) is 0 Å². The molecule has 0 saturated carbocycles. The highest BCUT2D eigenvalue weighted by Gasteiger charge is 2.11. The van der Waals surface area contributed by atoms with Gasteiger partial charge >= 0.3 is 5.97 Å². The topological polar surface area (TPSA) is 128 Å². The van der Waals surface area contributed by atoms with E-state index in [9.17, 15) is 18.0 Å². The van der Waals surface area contributed by atoms with Crippen LogP contribution in [0.5, 0.6) is 0 Å². The van der Waals surface area contributed by atoms with Crippen molar-refractivity contribution in [2.24, 2.45) is 5.14 Å². The lowest BCUT2D eigenvalue weighted by Gasteiger charge is -2.10. The molecule has 0 aromatic heterocycles. The second kappa shape index (κ2) is 8.04. The number of amides is 1. The van der Waals surface area contributed by atoms with Crippen molar-refractivity contribution < 1.29 is 22.7 Å². The highest BCUT2D eigenvalue weighted by molar-refractivity contribution is 7.89. The summed E-state index contributed by atoms with van der Waals surface area (Å²) >= 11 is 5.04. The Morgan fingerprint density at radius 1 is 1.00 bits per heavy atom. The molecule has 2 aromatic rings. The Bertz CT molecular complexity index is 939. The molecule has 0 aliphatic rings. The Morgan fingerprint density at radius 2 is 1.54 bits per heavy atom. The summed E-state index contributed by atoms with van der Waals surface area (Å²) in [4.78, 5) is 23.5. The lowest BCUT2D eigenvalue weighted by molar-refractivity contribution is 0.0600. The summed E-state index contributed by atoms with van der Waals surface area (Å²) in [6.07, 6.45) is 0. The lowest BCUT2D eigenvalue weighted by atomic mass is 10.1. The van der Waals surface area contributed by atoms with Crippen LogP contribution in [0.25, 0.3) is 0 Å². The van der Waals surface area contributed by atoms with Gasteiger partial charge in [-0.05, 0) is 60.7 Å². The molecule has 8 nitrogen and oxygen atoms in total. The van der Waals surface area contributed by atoms with E-state index in [0.717, 1.165) is 0 Å². The fourth-order valence-corrected chi connectivity index (χ4v) is 2.67. The van der Waals surface area contributed by atoms with Crippen LogP contribution in [-0.2, 0) is 14.8 Å². The standard InChI is InChI=1S/C16H15N3O5S2/c1-24-15(21)11-4-2-10(3-5-11)14(20)19-16(25)18-12-6-8-13(9-7-12)26(17,22)23/h2-9H,1H3,(H2,17,22,23)(H2,18,19,20,25). The van der Waals surface area contributed by atoms with Crippen LogP contribution >= 0.6 is 12.2 Å². The molecule has 0 fully saturated rings. The molecule has 0 heterocycles. The van der Waals surface area contributed by atoms with Crippen LogP contribution in [0.1, 0.15) is 20.7 Å². The van der Waals surface area contributed by atoms with Gasteiger partial charge in [-0.15, -0.1) is 0 Å². The van der Waals surface area contributed by atoms with E-state index >= 15 is 0 Å². The molecule has 0 spiro atoms. The average molecular weight is 393 g/mol. The molecule has 26 heavy (non-hydrogen) atoms. The monoisotopic (exact) mass is 393 g/mol. The number of carbonyl (C=O) groups is 2. The van der Waals surface area contributed by atoms with Crippen molar-refractivity contribution in [3.63, 3.8) is 0 Å².